The fourth-order valence-corrected chi connectivity index (χ4v) is 2.68. The molecule has 0 spiro atoms. The molecule has 1 amide bonds. The predicted octanol–water partition coefficient (Wildman–Crippen LogP) is 3.09. The minimum Gasteiger partial charge on any atom is -0.344 e. The molecule has 0 aliphatic heterocycles. The van der Waals surface area contributed by atoms with Gasteiger partial charge in [-0.2, -0.15) is 5.10 Å². The van der Waals surface area contributed by atoms with E-state index in [2.05, 4.69) is 10.4 Å². The van der Waals surface area contributed by atoms with Crippen LogP contribution in [-0.4, -0.2) is 25.2 Å². The van der Waals surface area contributed by atoms with Crippen molar-refractivity contribution in [2.75, 3.05) is 0 Å². The topological polar surface area (TPSA) is 95.0 Å². The lowest BCUT2D eigenvalue weighted by atomic mass is 10.1. The minimum atomic E-state index is -0.592. The number of aromatic nitrogens is 3. The number of nitrogens with zero attached hydrogens (tertiary/aromatic N) is 4. The average Bonchev–Trinajstić information content (AvgIpc) is 3.31. The van der Waals surface area contributed by atoms with Gasteiger partial charge in [0.15, 0.2) is 0 Å². The molecule has 134 valence electrons. The van der Waals surface area contributed by atoms with Crippen molar-refractivity contribution in [3.05, 3.63) is 76.4 Å². The Bertz CT molecular complexity index is 930. The second-order valence-corrected chi connectivity index (χ2v) is 5.86. The molecule has 3 aromatic rings. The number of hydrogen-bond acceptors (Lipinski definition) is 4. The van der Waals surface area contributed by atoms with Crippen molar-refractivity contribution in [2.45, 2.75) is 26.4 Å². The molecule has 2 aromatic heterocycles. The molecule has 8 heteroatoms. The van der Waals surface area contributed by atoms with Gasteiger partial charge in [0.2, 0.25) is 5.69 Å². The van der Waals surface area contributed by atoms with Crippen LogP contribution in [0.15, 0.2) is 55.0 Å². The van der Waals surface area contributed by atoms with E-state index < -0.39 is 10.8 Å². The Labute approximate surface area is 150 Å². The van der Waals surface area contributed by atoms with Crippen molar-refractivity contribution in [1.29, 1.82) is 0 Å². The van der Waals surface area contributed by atoms with Crippen LogP contribution in [0.4, 0.5) is 5.69 Å². The fourth-order valence-electron chi connectivity index (χ4n) is 2.68. The molecule has 0 fully saturated rings. The van der Waals surface area contributed by atoms with E-state index in [0.29, 0.717) is 6.54 Å². The van der Waals surface area contributed by atoms with Crippen LogP contribution in [-0.2, 0) is 6.54 Å². The summed E-state index contributed by atoms with van der Waals surface area (Å²) in [4.78, 5) is 23.1. The van der Waals surface area contributed by atoms with Crippen LogP contribution in [0.1, 0.15) is 35.9 Å². The predicted molar refractivity (Wildman–Crippen MR) is 96.2 cm³/mol. The highest BCUT2D eigenvalue weighted by molar-refractivity contribution is 5.96. The number of carbonyl (C=O) groups is 1. The van der Waals surface area contributed by atoms with Gasteiger partial charge in [-0.1, -0.05) is 12.1 Å². The maximum atomic E-state index is 12.5. The molecule has 0 aliphatic carbocycles. The molecule has 1 aromatic carbocycles. The summed E-state index contributed by atoms with van der Waals surface area (Å²) in [6.07, 6.45) is 5.14. The van der Waals surface area contributed by atoms with Crippen LogP contribution < -0.4 is 5.32 Å². The molecule has 0 saturated carbocycles. The van der Waals surface area contributed by atoms with Gasteiger partial charge in [0.1, 0.15) is 6.20 Å². The number of nitro groups is 1. The number of nitrogens with one attached hydrogen (secondary N) is 1. The highest BCUT2D eigenvalue weighted by Crippen LogP contribution is 2.20. The number of carbonyl (C=O) groups excluding carboxylic acids is 1. The largest absolute Gasteiger partial charge is 0.344 e. The quantitative estimate of drug-likeness (QED) is 0.544. The van der Waals surface area contributed by atoms with E-state index in [1.807, 2.05) is 60.3 Å². The lowest BCUT2D eigenvalue weighted by Crippen LogP contribution is -2.27. The van der Waals surface area contributed by atoms with Crippen LogP contribution in [0.5, 0.6) is 0 Å². The number of aryl methyl sites for hydroxylation is 1. The molecule has 0 bridgehead atoms. The molecule has 0 aliphatic rings. The Morgan fingerprint density at radius 2 is 2.04 bits per heavy atom. The van der Waals surface area contributed by atoms with Gasteiger partial charge in [0.25, 0.3) is 5.91 Å². The third-order valence-electron chi connectivity index (χ3n) is 4.10. The zero-order valence-corrected chi connectivity index (χ0v) is 14.5. The van der Waals surface area contributed by atoms with Gasteiger partial charge in [-0.25, -0.2) is 0 Å². The van der Waals surface area contributed by atoms with Gasteiger partial charge in [-0.15, -0.1) is 0 Å². The Hall–Kier alpha value is -3.42. The first-order chi connectivity index (χ1) is 12.5. The summed E-state index contributed by atoms with van der Waals surface area (Å²) in [6.45, 7) is 4.08. The van der Waals surface area contributed by atoms with Crippen LogP contribution in [0, 0.1) is 10.1 Å². The molecule has 26 heavy (non-hydrogen) atoms. The second-order valence-electron chi connectivity index (χ2n) is 5.86. The van der Waals surface area contributed by atoms with Crippen molar-refractivity contribution < 1.29 is 9.72 Å². The smallest absolute Gasteiger partial charge is 0.320 e. The van der Waals surface area contributed by atoms with Gasteiger partial charge in [-0.05, 0) is 43.7 Å². The molecule has 1 unspecified atom stereocenters. The molecule has 0 saturated heterocycles. The highest BCUT2D eigenvalue weighted by Gasteiger charge is 2.26. The van der Waals surface area contributed by atoms with Gasteiger partial charge in [-0.3, -0.25) is 19.6 Å². The summed E-state index contributed by atoms with van der Waals surface area (Å²) in [5.41, 5.74) is 1.39. The summed E-state index contributed by atoms with van der Waals surface area (Å²) < 4.78 is 3.34. The Balaban J connectivity index is 1.81. The maximum Gasteiger partial charge on any atom is 0.320 e. The van der Waals surface area contributed by atoms with Crippen LogP contribution in [0.2, 0.25) is 0 Å². The molecule has 8 nitrogen and oxygen atoms in total. The lowest BCUT2D eigenvalue weighted by molar-refractivity contribution is -0.385. The van der Waals surface area contributed by atoms with Gasteiger partial charge in [0.05, 0.1) is 11.0 Å². The molecular weight excluding hydrogens is 334 g/mol. The van der Waals surface area contributed by atoms with E-state index in [4.69, 9.17) is 0 Å². The number of rotatable bonds is 6. The zero-order valence-electron chi connectivity index (χ0n) is 14.5. The third kappa shape index (κ3) is 3.49. The SMILES string of the molecule is CCn1cc([N+](=O)[O-])c(C(=O)NC(C)c2cccc(-n3cccc3)c2)n1. The molecule has 1 N–H and O–H groups in total. The van der Waals surface area contributed by atoms with Crippen molar-refractivity contribution in [3.8, 4) is 5.69 Å². The van der Waals surface area contributed by atoms with Gasteiger partial charge >= 0.3 is 5.69 Å². The molecule has 1 atom stereocenters. The van der Waals surface area contributed by atoms with E-state index >= 15 is 0 Å². The normalized spacial score (nSPS) is 11.9. The minimum absolute atomic E-state index is 0.176. The molecule has 3 rings (SSSR count). The second kappa shape index (κ2) is 7.22. The first-order valence-electron chi connectivity index (χ1n) is 8.25. The van der Waals surface area contributed by atoms with Crippen molar-refractivity contribution in [2.24, 2.45) is 0 Å². The van der Waals surface area contributed by atoms with E-state index in [9.17, 15) is 14.9 Å². The summed E-state index contributed by atoms with van der Waals surface area (Å²) in [7, 11) is 0. The zero-order chi connectivity index (χ0) is 18.7. The van der Waals surface area contributed by atoms with E-state index in [-0.39, 0.29) is 17.4 Å². The summed E-state index contributed by atoms with van der Waals surface area (Å²) in [6, 6.07) is 11.3. The number of hydrogen-bond donors (Lipinski definition) is 1. The standard InChI is InChI=1S/C18H19N5O3/c1-3-22-12-16(23(25)26)17(20-22)18(24)19-13(2)14-7-6-8-15(11-14)21-9-4-5-10-21/h4-13H,3H2,1-2H3,(H,19,24). The van der Waals surface area contributed by atoms with Crippen molar-refractivity contribution in [3.63, 3.8) is 0 Å². The fraction of sp³-hybridized carbons (Fsp3) is 0.222. The van der Waals surface area contributed by atoms with E-state index in [1.165, 1.54) is 10.9 Å². The highest BCUT2D eigenvalue weighted by atomic mass is 16.6. The molecular formula is C18H19N5O3. The average molecular weight is 353 g/mol. The van der Waals surface area contributed by atoms with Crippen LogP contribution >= 0.6 is 0 Å². The van der Waals surface area contributed by atoms with Crippen molar-refractivity contribution >= 4 is 11.6 Å². The van der Waals surface area contributed by atoms with Gasteiger partial charge < -0.3 is 9.88 Å². The first-order valence-corrected chi connectivity index (χ1v) is 8.25. The number of amides is 1. The molecule has 2 heterocycles. The summed E-state index contributed by atoms with van der Waals surface area (Å²) in [5.74, 6) is -0.567. The Morgan fingerprint density at radius 1 is 1.31 bits per heavy atom. The summed E-state index contributed by atoms with van der Waals surface area (Å²) >= 11 is 0. The monoisotopic (exact) mass is 353 g/mol. The Morgan fingerprint density at radius 3 is 2.69 bits per heavy atom. The van der Waals surface area contributed by atoms with Gasteiger partial charge in [0, 0.05) is 24.6 Å². The Kier molecular flexibility index (Phi) is 4.83. The summed E-state index contributed by atoms with van der Waals surface area (Å²) in [5, 5.41) is 18.0. The van der Waals surface area contributed by atoms with Crippen LogP contribution in [0.25, 0.3) is 5.69 Å². The van der Waals surface area contributed by atoms with Crippen LogP contribution in [0.3, 0.4) is 0 Å². The third-order valence-corrected chi connectivity index (χ3v) is 4.10. The lowest BCUT2D eigenvalue weighted by Gasteiger charge is -2.15. The molecule has 0 radical (unpaired) electrons. The first kappa shape index (κ1) is 17.4. The number of benzene rings is 1. The maximum absolute atomic E-state index is 12.5. The van der Waals surface area contributed by atoms with Crippen molar-refractivity contribution in [1.82, 2.24) is 19.7 Å². The van der Waals surface area contributed by atoms with E-state index in [0.717, 1.165) is 11.3 Å². The van der Waals surface area contributed by atoms with E-state index in [1.54, 1.807) is 6.92 Å².